The Balaban J connectivity index is 1.75. The minimum absolute atomic E-state index is 0.598. The van der Waals surface area contributed by atoms with Gasteiger partial charge in [0.1, 0.15) is 17.5 Å². The second kappa shape index (κ2) is 6.70. The largest absolute Gasteiger partial charge is 0.494 e. The number of pyridine rings is 1. The highest BCUT2D eigenvalue weighted by Crippen LogP contribution is 2.32. The van der Waals surface area contributed by atoms with E-state index in [1.165, 1.54) is 0 Å². The molecule has 3 aromatic heterocycles. The van der Waals surface area contributed by atoms with Crippen molar-refractivity contribution in [2.75, 3.05) is 6.61 Å². The molecule has 4 nitrogen and oxygen atoms in total. The number of hydrogen-bond donors (Lipinski definition) is 2. The summed E-state index contributed by atoms with van der Waals surface area (Å²) in [5.74, 6) is 0.760. The summed E-state index contributed by atoms with van der Waals surface area (Å²) < 4.78 is 5.54. The molecule has 1 aromatic carbocycles. The summed E-state index contributed by atoms with van der Waals surface area (Å²) in [4.78, 5) is 7.65. The van der Waals surface area contributed by atoms with Crippen molar-refractivity contribution in [2.24, 2.45) is 0 Å². The molecular weight excluding hydrogens is 332 g/mol. The van der Waals surface area contributed by atoms with Gasteiger partial charge in [-0.3, -0.25) is 0 Å². The van der Waals surface area contributed by atoms with Crippen molar-refractivity contribution in [3.8, 4) is 16.9 Å². The number of rotatable bonds is 5. The first-order valence-corrected chi connectivity index (χ1v) is 9.11. The molecule has 25 heavy (non-hydrogen) atoms. The van der Waals surface area contributed by atoms with Crippen LogP contribution in [-0.2, 0) is 0 Å². The van der Waals surface area contributed by atoms with Crippen LogP contribution in [0, 0.1) is 0 Å². The minimum atomic E-state index is -0.742. The molecule has 1 unspecified atom stereocenters. The van der Waals surface area contributed by atoms with Crippen LogP contribution in [0.15, 0.2) is 59.6 Å². The summed E-state index contributed by atoms with van der Waals surface area (Å²) in [6.07, 6.45) is 2.94. The van der Waals surface area contributed by atoms with Gasteiger partial charge in [-0.05, 0) is 53.1 Å². The van der Waals surface area contributed by atoms with Crippen LogP contribution in [0.3, 0.4) is 0 Å². The maximum absolute atomic E-state index is 10.9. The second-order valence-electron chi connectivity index (χ2n) is 5.78. The average molecular weight is 350 g/mol. The van der Waals surface area contributed by atoms with E-state index in [0.29, 0.717) is 6.61 Å². The molecule has 4 rings (SSSR count). The Kier molecular flexibility index (Phi) is 4.26. The van der Waals surface area contributed by atoms with Crippen molar-refractivity contribution in [2.45, 2.75) is 13.0 Å². The van der Waals surface area contributed by atoms with E-state index in [1.807, 2.05) is 49.0 Å². The van der Waals surface area contributed by atoms with Crippen LogP contribution < -0.4 is 4.74 Å². The van der Waals surface area contributed by atoms with Gasteiger partial charge in [-0.2, -0.15) is 11.3 Å². The molecule has 3 heterocycles. The number of H-pyrrole nitrogens is 1. The number of aromatic amines is 1. The van der Waals surface area contributed by atoms with Crippen LogP contribution in [0.25, 0.3) is 22.2 Å². The molecule has 2 N–H and O–H groups in total. The molecular formula is C20H18N2O2S. The lowest BCUT2D eigenvalue weighted by atomic mass is 10.0. The molecule has 0 amide bonds. The Labute approximate surface area is 149 Å². The van der Waals surface area contributed by atoms with Crippen molar-refractivity contribution >= 4 is 22.4 Å². The number of ether oxygens (including phenoxy) is 1. The topological polar surface area (TPSA) is 58.1 Å². The van der Waals surface area contributed by atoms with Crippen LogP contribution in [0.2, 0.25) is 0 Å². The third-order valence-electron chi connectivity index (χ3n) is 4.20. The molecule has 0 aliphatic carbocycles. The summed E-state index contributed by atoms with van der Waals surface area (Å²) in [5.41, 5.74) is 4.57. The molecule has 0 saturated heterocycles. The smallest absolute Gasteiger partial charge is 0.137 e. The van der Waals surface area contributed by atoms with Crippen LogP contribution in [0.5, 0.6) is 5.75 Å². The number of thiophene rings is 1. The number of nitrogens with zero attached hydrogens (tertiary/aromatic N) is 1. The van der Waals surface area contributed by atoms with Gasteiger partial charge < -0.3 is 14.8 Å². The number of benzene rings is 1. The van der Waals surface area contributed by atoms with Crippen molar-refractivity contribution < 1.29 is 9.84 Å². The predicted molar refractivity (Wildman–Crippen MR) is 101 cm³/mol. The van der Waals surface area contributed by atoms with Gasteiger partial charge in [0, 0.05) is 28.9 Å². The summed E-state index contributed by atoms with van der Waals surface area (Å²) >= 11 is 1.66. The summed E-state index contributed by atoms with van der Waals surface area (Å²) in [6, 6.07) is 11.7. The number of aliphatic hydroxyl groups is 1. The number of aromatic nitrogens is 2. The standard InChI is InChI=1S/C20H18N2O2S/c1-2-24-16-5-3-4-13(8-16)19(23)18-11-22-20-17(18)9-15(10-21-20)14-6-7-25-12-14/h3-12,19,23H,2H2,1H3,(H,21,22). The van der Waals surface area contributed by atoms with E-state index in [9.17, 15) is 5.11 Å². The molecule has 0 aliphatic heterocycles. The highest BCUT2D eigenvalue weighted by Gasteiger charge is 2.17. The SMILES string of the molecule is CCOc1cccc(C(O)c2c[nH]c3ncc(-c4ccsc4)cc23)c1. The van der Waals surface area contributed by atoms with E-state index in [0.717, 1.165) is 39.0 Å². The molecule has 5 heteroatoms. The van der Waals surface area contributed by atoms with E-state index in [1.54, 1.807) is 11.3 Å². The lowest BCUT2D eigenvalue weighted by molar-refractivity contribution is 0.221. The van der Waals surface area contributed by atoms with Crippen LogP contribution in [-0.4, -0.2) is 21.7 Å². The summed E-state index contributed by atoms with van der Waals surface area (Å²) in [7, 11) is 0. The van der Waals surface area contributed by atoms with Gasteiger partial charge in [0.15, 0.2) is 0 Å². The molecule has 0 spiro atoms. The molecule has 4 aromatic rings. The molecule has 0 saturated carbocycles. The highest BCUT2D eigenvalue weighted by atomic mass is 32.1. The molecule has 1 atom stereocenters. The van der Waals surface area contributed by atoms with Gasteiger partial charge in [0.05, 0.1) is 6.61 Å². The third-order valence-corrected chi connectivity index (χ3v) is 4.88. The number of fused-ring (bicyclic) bond motifs is 1. The zero-order valence-electron chi connectivity index (χ0n) is 13.8. The van der Waals surface area contributed by atoms with E-state index in [4.69, 9.17) is 4.74 Å². The zero-order valence-corrected chi connectivity index (χ0v) is 14.6. The van der Waals surface area contributed by atoms with Crippen molar-refractivity contribution in [1.29, 1.82) is 0 Å². The monoisotopic (exact) mass is 350 g/mol. The molecule has 0 radical (unpaired) electrons. The Morgan fingerprint density at radius 1 is 1.24 bits per heavy atom. The Hall–Kier alpha value is -2.63. The fourth-order valence-electron chi connectivity index (χ4n) is 2.96. The lowest BCUT2D eigenvalue weighted by Gasteiger charge is -2.12. The predicted octanol–water partition coefficient (Wildman–Crippen LogP) is 4.77. The fraction of sp³-hybridized carbons (Fsp3) is 0.150. The van der Waals surface area contributed by atoms with E-state index >= 15 is 0 Å². The first-order valence-electron chi connectivity index (χ1n) is 8.16. The first kappa shape index (κ1) is 15.9. The average Bonchev–Trinajstić information content (AvgIpc) is 3.31. The van der Waals surface area contributed by atoms with Crippen molar-refractivity contribution in [3.05, 3.63) is 70.7 Å². The minimum Gasteiger partial charge on any atom is -0.494 e. The normalized spacial score (nSPS) is 12.4. The van der Waals surface area contributed by atoms with Crippen LogP contribution >= 0.6 is 11.3 Å². The zero-order chi connectivity index (χ0) is 17.2. The van der Waals surface area contributed by atoms with Crippen LogP contribution in [0.1, 0.15) is 24.2 Å². The molecule has 0 aliphatic rings. The lowest BCUT2D eigenvalue weighted by Crippen LogP contribution is -2.00. The van der Waals surface area contributed by atoms with Gasteiger partial charge in [0.2, 0.25) is 0 Å². The highest BCUT2D eigenvalue weighted by molar-refractivity contribution is 7.08. The quantitative estimate of drug-likeness (QED) is 0.545. The van der Waals surface area contributed by atoms with Crippen LogP contribution in [0.4, 0.5) is 0 Å². The van der Waals surface area contributed by atoms with Crippen molar-refractivity contribution in [3.63, 3.8) is 0 Å². The van der Waals surface area contributed by atoms with E-state index < -0.39 is 6.10 Å². The maximum atomic E-state index is 10.9. The van der Waals surface area contributed by atoms with Gasteiger partial charge in [-0.25, -0.2) is 4.98 Å². The molecule has 126 valence electrons. The van der Waals surface area contributed by atoms with E-state index in [-0.39, 0.29) is 0 Å². The Bertz CT molecular complexity index is 992. The Morgan fingerprint density at radius 3 is 2.96 bits per heavy atom. The summed E-state index contributed by atoms with van der Waals surface area (Å²) in [6.45, 7) is 2.54. The summed E-state index contributed by atoms with van der Waals surface area (Å²) in [5, 5.41) is 16.0. The van der Waals surface area contributed by atoms with Gasteiger partial charge in [-0.15, -0.1) is 0 Å². The second-order valence-corrected chi connectivity index (χ2v) is 6.56. The first-order chi connectivity index (χ1) is 12.3. The van der Waals surface area contributed by atoms with Gasteiger partial charge >= 0.3 is 0 Å². The van der Waals surface area contributed by atoms with Crippen molar-refractivity contribution in [1.82, 2.24) is 9.97 Å². The van der Waals surface area contributed by atoms with E-state index in [2.05, 4.69) is 27.5 Å². The number of aliphatic hydroxyl groups excluding tert-OH is 1. The molecule has 0 fully saturated rings. The molecule has 0 bridgehead atoms. The number of nitrogens with one attached hydrogen (secondary N) is 1. The Morgan fingerprint density at radius 2 is 2.16 bits per heavy atom. The van der Waals surface area contributed by atoms with Gasteiger partial charge in [-0.1, -0.05) is 12.1 Å². The van der Waals surface area contributed by atoms with Gasteiger partial charge in [0.25, 0.3) is 0 Å². The maximum Gasteiger partial charge on any atom is 0.137 e. The third kappa shape index (κ3) is 3.04. The number of hydrogen-bond acceptors (Lipinski definition) is 4. The fourth-order valence-corrected chi connectivity index (χ4v) is 3.62.